The van der Waals surface area contributed by atoms with Gasteiger partial charge in [-0.2, -0.15) is 13.2 Å². The van der Waals surface area contributed by atoms with Crippen molar-refractivity contribution in [2.75, 3.05) is 0 Å². The van der Waals surface area contributed by atoms with Gasteiger partial charge < -0.3 is 10.1 Å². The molecule has 1 heterocycles. The SMILES string of the molecule is C#Cc1cc(C(F)(F)F)cc(CCCC(C)NC(=O)OCc2ccccc2)n1. The van der Waals surface area contributed by atoms with Gasteiger partial charge in [-0.25, -0.2) is 9.78 Å². The molecule has 1 atom stereocenters. The molecule has 0 fully saturated rings. The minimum absolute atomic E-state index is 0.0412. The summed E-state index contributed by atoms with van der Waals surface area (Å²) in [6.45, 7) is 1.97. The van der Waals surface area contributed by atoms with E-state index in [9.17, 15) is 18.0 Å². The van der Waals surface area contributed by atoms with E-state index in [1.807, 2.05) is 30.3 Å². The van der Waals surface area contributed by atoms with E-state index in [4.69, 9.17) is 11.2 Å². The van der Waals surface area contributed by atoms with Crippen molar-refractivity contribution in [2.45, 2.75) is 45.0 Å². The van der Waals surface area contributed by atoms with Crippen LogP contribution in [0.2, 0.25) is 0 Å². The molecule has 0 aliphatic heterocycles. The third-order valence-electron chi connectivity index (χ3n) is 4.00. The number of carbonyl (C=O) groups excluding carboxylic acids is 1. The van der Waals surface area contributed by atoms with Crippen LogP contribution in [0.25, 0.3) is 0 Å². The molecule has 0 saturated heterocycles. The number of hydrogen-bond donors (Lipinski definition) is 1. The topological polar surface area (TPSA) is 51.2 Å². The van der Waals surface area contributed by atoms with E-state index >= 15 is 0 Å². The highest BCUT2D eigenvalue weighted by molar-refractivity contribution is 5.67. The first-order valence-electron chi connectivity index (χ1n) is 8.80. The lowest BCUT2D eigenvalue weighted by Gasteiger charge is -2.14. The molecule has 28 heavy (non-hydrogen) atoms. The maximum atomic E-state index is 12.9. The Hall–Kier alpha value is -3.01. The molecule has 1 aromatic heterocycles. The van der Waals surface area contributed by atoms with Gasteiger partial charge in [-0.3, -0.25) is 0 Å². The zero-order chi connectivity index (χ0) is 20.6. The van der Waals surface area contributed by atoms with Crippen molar-refractivity contribution in [3.63, 3.8) is 0 Å². The fourth-order valence-corrected chi connectivity index (χ4v) is 2.58. The second-order valence-corrected chi connectivity index (χ2v) is 6.37. The van der Waals surface area contributed by atoms with Gasteiger partial charge in [0.15, 0.2) is 0 Å². The molecule has 1 unspecified atom stereocenters. The molecule has 0 saturated carbocycles. The predicted molar refractivity (Wildman–Crippen MR) is 99.3 cm³/mol. The van der Waals surface area contributed by atoms with Gasteiger partial charge in [0.05, 0.1) is 5.56 Å². The molecule has 1 N–H and O–H groups in total. The number of aryl methyl sites for hydroxylation is 1. The van der Waals surface area contributed by atoms with Gasteiger partial charge in [0.1, 0.15) is 12.3 Å². The zero-order valence-corrected chi connectivity index (χ0v) is 15.4. The highest BCUT2D eigenvalue weighted by atomic mass is 19.4. The zero-order valence-electron chi connectivity index (χ0n) is 15.4. The number of benzene rings is 1. The van der Waals surface area contributed by atoms with Crippen molar-refractivity contribution in [3.05, 3.63) is 65.0 Å². The molecule has 0 radical (unpaired) electrons. The fourth-order valence-electron chi connectivity index (χ4n) is 2.58. The lowest BCUT2D eigenvalue weighted by atomic mass is 10.1. The van der Waals surface area contributed by atoms with Gasteiger partial charge in [0.2, 0.25) is 0 Å². The van der Waals surface area contributed by atoms with Crippen LogP contribution in [0, 0.1) is 12.3 Å². The number of pyridine rings is 1. The van der Waals surface area contributed by atoms with Crippen LogP contribution in [-0.2, 0) is 23.9 Å². The Bertz CT molecular complexity index is 830. The van der Waals surface area contributed by atoms with Crippen LogP contribution in [0.1, 0.15) is 42.3 Å². The molecule has 1 aromatic carbocycles. The molecule has 2 rings (SSSR count). The van der Waals surface area contributed by atoms with E-state index in [1.165, 1.54) is 0 Å². The molecule has 0 bridgehead atoms. The lowest BCUT2D eigenvalue weighted by Crippen LogP contribution is -2.33. The summed E-state index contributed by atoms with van der Waals surface area (Å²) in [4.78, 5) is 15.8. The fraction of sp³-hybridized carbons (Fsp3) is 0.333. The summed E-state index contributed by atoms with van der Waals surface area (Å²) in [5.74, 6) is 2.15. The minimum Gasteiger partial charge on any atom is -0.445 e. The molecular formula is C21H21F3N2O2. The number of nitrogens with zero attached hydrogens (tertiary/aromatic N) is 1. The molecule has 4 nitrogen and oxygen atoms in total. The highest BCUT2D eigenvalue weighted by Gasteiger charge is 2.31. The summed E-state index contributed by atoms with van der Waals surface area (Å²) in [5.41, 5.74) is 0.313. The van der Waals surface area contributed by atoms with Crippen LogP contribution in [-0.4, -0.2) is 17.1 Å². The molecule has 7 heteroatoms. The maximum Gasteiger partial charge on any atom is 0.416 e. The smallest absolute Gasteiger partial charge is 0.416 e. The average Bonchev–Trinajstić information content (AvgIpc) is 2.66. The number of amides is 1. The first kappa shape index (κ1) is 21.3. The van der Waals surface area contributed by atoms with Crippen molar-refractivity contribution in [3.8, 4) is 12.3 Å². The Morgan fingerprint density at radius 3 is 2.64 bits per heavy atom. The number of carbonyl (C=O) groups is 1. The second-order valence-electron chi connectivity index (χ2n) is 6.37. The third-order valence-corrected chi connectivity index (χ3v) is 4.00. The van der Waals surface area contributed by atoms with E-state index in [2.05, 4.69) is 16.2 Å². The van der Waals surface area contributed by atoms with Gasteiger partial charge in [0, 0.05) is 11.7 Å². The van der Waals surface area contributed by atoms with Crippen molar-refractivity contribution in [1.29, 1.82) is 0 Å². The van der Waals surface area contributed by atoms with Crippen molar-refractivity contribution in [1.82, 2.24) is 10.3 Å². The summed E-state index contributed by atoms with van der Waals surface area (Å²) in [6.07, 6.45) is 1.60. The summed E-state index contributed by atoms with van der Waals surface area (Å²) in [7, 11) is 0. The summed E-state index contributed by atoms with van der Waals surface area (Å²) < 4.78 is 43.9. The number of alkyl halides is 3. The van der Waals surface area contributed by atoms with Crippen LogP contribution >= 0.6 is 0 Å². The highest BCUT2D eigenvalue weighted by Crippen LogP contribution is 2.30. The van der Waals surface area contributed by atoms with Crippen LogP contribution in [0.3, 0.4) is 0 Å². The van der Waals surface area contributed by atoms with Crippen molar-refractivity contribution >= 4 is 6.09 Å². The monoisotopic (exact) mass is 390 g/mol. The van der Waals surface area contributed by atoms with E-state index in [0.29, 0.717) is 19.3 Å². The van der Waals surface area contributed by atoms with Gasteiger partial charge >= 0.3 is 12.3 Å². The Balaban J connectivity index is 1.79. The second kappa shape index (κ2) is 9.79. The van der Waals surface area contributed by atoms with E-state index in [0.717, 1.165) is 17.7 Å². The standard InChI is InChI=1S/C21H21F3N2O2/c1-3-18-12-17(21(22,23)24)13-19(26-18)11-7-8-15(2)25-20(27)28-14-16-9-5-4-6-10-16/h1,4-6,9-10,12-13,15H,7-8,11,14H2,2H3,(H,25,27). The number of aromatic nitrogens is 1. The Morgan fingerprint density at radius 1 is 1.29 bits per heavy atom. The molecule has 2 aromatic rings. The lowest BCUT2D eigenvalue weighted by molar-refractivity contribution is -0.137. The molecule has 0 aliphatic carbocycles. The maximum absolute atomic E-state index is 12.9. The largest absolute Gasteiger partial charge is 0.445 e. The number of alkyl carbamates (subject to hydrolysis) is 1. The predicted octanol–water partition coefficient (Wildman–Crippen LogP) is 4.72. The molecular weight excluding hydrogens is 369 g/mol. The van der Waals surface area contributed by atoms with Crippen LogP contribution in [0.5, 0.6) is 0 Å². The van der Waals surface area contributed by atoms with Gasteiger partial charge in [-0.05, 0) is 43.9 Å². The normalized spacial score (nSPS) is 12.1. The van der Waals surface area contributed by atoms with Crippen molar-refractivity contribution in [2.24, 2.45) is 0 Å². The van der Waals surface area contributed by atoms with Crippen LogP contribution in [0.15, 0.2) is 42.5 Å². The van der Waals surface area contributed by atoms with Crippen molar-refractivity contribution < 1.29 is 22.7 Å². The minimum atomic E-state index is -4.47. The number of terminal acetylenes is 1. The molecule has 0 spiro atoms. The third kappa shape index (κ3) is 6.95. The molecule has 148 valence electrons. The first-order valence-corrected chi connectivity index (χ1v) is 8.80. The number of hydrogen-bond acceptors (Lipinski definition) is 3. The number of rotatable bonds is 7. The number of nitrogens with one attached hydrogen (secondary N) is 1. The quantitative estimate of drug-likeness (QED) is 0.696. The van der Waals surface area contributed by atoms with E-state index in [1.54, 1.807) is 6.92 Å². The first-order chi connectivity index (χ1) is 13.3. The van der Waals surface area contributed by atoms with E-state index in [-0.39, 0.29) is 24.0 Å². The van der Waals surface area contributed by atoms with E-state index < -0.39 is 17.8 Å². The summed E-state index contributed by atoms with van der Waals surface area (Å²) in [6, 6.07) is 11.0. The Morgan fingerprint density at radius 2 is 2.00 bits per heavy atom. The number of halogens is 3. The summed E-state index contributed by atoms with van der Waals surface area (Å²) in [5, 5.41) is 2.70. The van der Waals surface area contributed by atoms with Gasteiger partial charge in [-0.1, -0.05) is 36.3 Å². The van der Waals surface area contributed by atoms with Gasteiger partial charge in [-0.15, -0.1) is 6.42 Å². The molecule has 1 amide bonds. The van der Waals surface area contributed by atoms with Crippen LogP contribution in [0.4, 0.5) is 18.0 Å². The van der Waals surface area contributed by atoms with Crippen LogP contribution < -0.4 is 5.32 Å². The summed E-state index contributed by atoms with van der Waals surface area (Å²) >= 11 is 0. The number of ether oxygens (including phenoxy) is 1. The Kier molecular flexibility index (Phi) is 7.44. The Labute approximate surface area is 162 Å². The average molecular weight is 390 g/mol. The molecule has 0 aliphatic rings. The van der Waals surface area contributed by atoms with Gasteiger partial charge in [0.25, 0.3) is 0 Å².